The first-order chi connectivity index (χ1) is 49.9. The van der Waals surface area contributed by atoms with Crippen molar-refractivity contribution >= 4 is 73.3 Å². The number of nitrogens with one attached hydrogen (secondary N) is 8. The minimum Gasteiger partial charge on any atom is -0.381 e. The van der Waals surface area contributed by atoms with Gasteiger partial charge in [0.25, 0.3) is 11.8 Å². The molecular weight excluding hydrogens is 1390 g/mol. The quantitative estimate of drug-likeness (QED) is 0.0313. The van der Waals surface area contributed by atoms with Gasteiger partial charge in [-0.1, -0.05) is 183 Å². The van der Waals surface area contributed by atoms with Crippen LogP contribution in [0.4, 0.5) is 9.59 Å². The molecule has 2 saturated heterocycles. The number of carbonyl (C=O) groups excluding carboxylic acids is 9. The first-order valence-electron chi connectivity index (χ1n) is 38.4. The molecular formula is C78H118N12O14S2. The number of Topliss-reactive ketones (excluding diaryl/α,β-unsaturated/α-hetero) is 1. The SMILES string of the molecule is C=CCNC(=O)C(=O)C(CCC)NC(=O)[C@@H]1[C@@H]2[C@H](CN1C(=O)[C@@H](NC(=O)N[C@H](CN1Cc3ccccc3S1(=O)=O)C(C)(C)C)C1CCCCC1)C2(C)C.C=CCNC(=O)C(O)C(CCC)NC(=O)[C@@H]1[C@@H]2[C@H](CN1C(=O)[C@@H](NC(=O)N[C@H](CN1Cc3ccccc3S1(=O)=O)C(C)(C)C)C1CCCCC1)C2(C)C. The molecule has 0 spiro atoms. The topological polar surface area (TPSA) is 351 Å². The number of urea groups is 2. The molecule has 2 aromatic rings. The van der Waals surface area contributed by atoms with Gasteiger partial charge in [-0.25, -0.2) is 26.4 Å². The first-order valence-corrected chi connectivity index (χ1v) is 41.3. The molecule has 10 rings (SSSR count). The number of piperidine rings is 2. The molecule has 4 aliphatic carbocycles. The number of fused-ring (bicyclic) bond motifs is 4. The lowest BCUT2D eigenvalue weighted by Crippen LogP contribution is -2.62. The van der Waals surface area contributed by atoms with E-state index in [9.17, 15) is 65.1 Å². The van der Waals surface area contributed by atoms with Crippen LogP contribution in [0.1, 0.15) is 184 Å². The molecule has 26 nitrogen and oxygen atoms in total. The number of aliphatic hydroxyl groups excluding tert-OH is 1. The van der Waals surface area contributed by atoms with Crippen molar-refractivity contribution in [2.45, 2.75) is 250 Å². The molecule has 3 unspecified atom stereocenters. The lowest BCUT2D eigenvalue weighted by atomic mass is 9.83. The smallest absolute Gasteiger partial charge is 0.315 e. The third-order valence-corrected chi connectivity index (χ3v) is 27.9. The van der Waals surface area contributed by atoms with Gasteiger partial charge in [0.2, 0.25) is 49.5 Å². The average Bonchev–Trinajstić information content (AvgIpc) is 1.53. The minimum atomic E-state index is -3.74. The molecule has 106 heavy (non-hydrogen) atoms. The molecule has 4 saturated carbocycles. The van der Waals surface area contributed by atoms with E-state index in [2.05, 4.69) is 83.4 Å². The van der Waals surface area contributed by atoms with Crippen LogP contribution >= 0.6 is 0 Å². The molecule has 4 aliphatic heterocycles. The van der Waals surface area contributed by atoms with Crippen LogP contribution in [-0.4, -0.2) is 187 Å². The number of ketones is 1. The molecule has 10 amide bonds. The fraction of sp³-hybridized carbons (Fsp3) is 0.679. The van der Waals surface area contributed by atoms with E-state index in [0.29, 0.717) is 43.5 Å². The Labute approximate surface area is 627 Å². The molecule has 6 fully saturated rings. The van der Waals surface area contributed by atoms with Crippen molar-refractivity contribution in [2.24, 2.45) is 57.2 Å². The summed E-state index contributed by atoms with van der Waals surface area (Å²) in [6.45, 7) is 32.3. The predicted octanol–water partition coefficient (Wildman–Crippen LogP) is 6.78. The van der Waals surface area contributed by atoms with Gasteiger partial charge in [-0.3, -0.25) is 33.6 Å². The molecule has 28 heteroatoms. The lowest BCUT2D eigenvalue weighted by molar-refractivity contribution is -0.144. The van der Waals surface area contributed by atoms with Gasteiger partial charge in [0.15, 0.2) is 6.10 Å². The number of likely N-dealkylation sites (tertiary alicyclic amines) is 2. The van der Waals surface area contributed by atoms with Gasteiger partial charge >= 0.3 is 12.1 Å². The Balaban J connectivity index is 0.000000245. The Bertz CT molecular complexity index is 3840. The van der Waals surface area contributed by atoms with E-state index in [1.54, 1.807) is 52.3 Å². The molecule has 0 aromatic heterocycles. The number of carbonyl (C=O) groups is 9. The van der Waals surface area contributed by atoms with Crippen molar-refractivity contribution in [3.8, 4) is 0 Å². The first kappa shape index (κ1) is 82.8. The highest BCUT2D eigenvalue weighted by atomic mass is 32.2. The third kappa shape index (κ3) is 18.2. The van der Waals surface area contributed by atoms with Crippen LogP contribution in [-0.2, 0) is 66.7 Å². The van der Waals surface area contributed by atoms with Crippen molar-refractivity contribution in [2.75, 3.05) is 39.3 Å². The van der Waals surface area contributed by atoms with E-state index in [0.717, 1.165) is 64.2 Å². The van der Waals surface area contributed by atoms with E-state index in [1.807, 2.05) is 61.5 Å². The number of amides is 10. The van der Waals surface area contributed by atoms with Crippen molar-refractivity contribution in [1.82, 2.24) is 60.9 Å². The second-order valence-corrected chi connectivity index (χ2v) is 37.8. The second-order valence-electron chi connectivity index (χ2n) is 34.0. The minimum absolute atomic E-state index is 0.0477. The predicted molar refractivity (Wildman–Crippen MR) is 402 cm³/mol. The van der Waals surface area contributed by atoms with E-state index in [1.165, 1.54) is 20.8 Å². The zero-order valence-electron chi connectivity index (χ0n) is 64.3. The maximum Gasteiger partial charge on any atom is 0.315 e. The summed E-state index contributed by atoms with van der Waals surface area (Å²) in [5.41, 5.74) is -0.0284. The Kier molecular flexibility index (Phi) is 26.3. The number of aliphatic hydroxyl groups is 1. The van der Waals surface area contributed by atoms with E-state index in [4.69, 9.17) is 0 Å². The molecule has 0 radical (unpaired) electrons. The maximum absolute atomic E-state index is 14.7. The van der Waals surface area contributed by atoms with Crippen LogP contribution in [0.25, 0.3) is 0 Å². The van der Waals surface area contributed by atoms with Gasteiger partial charge in [0.1, 0.15) is 24.2 Å². The van der Waals surface area contributed by atoms with Crippen molar-refractivity contribution in [3.05, 3.63) is 85.0 Å². The zero-order chi connectivity index (χ0) is 77.8. The summed E-state index contributed by atoms with van der Waals surface area (Å²) in [5, 5.41) is 33.8. The Morgan fingerprint density at radius 2 is 0.953 bits per heavy atom. The summed E-state index contributed by atoms with van der Waals surface area (Å²) in [7, 11) is -7.47. The maximum atomic E-state index is 14.7. The van der Waals surface area contributed by atoms with Crippen LogP contribution < -0.4 is 42.5 Å². The Hall–Kier alpha value is -7.27. The third-order valence-electron chi connectivity index (χ3n) is 24.1. The molecule has 586 valence electrons. The monoisotopic (exact) mass is 1510 g/mol. The number of rotatable bonds is 28. The molecule has 13 atom stereocenters. The van der Waals surface area contributed by atoms with Crippen molar-refractivity contribution < 1.29 is 65.1 Å². The van der Waals surface area contributed by atoms with E-state index in [-0.39, 0.29) is 114 Å². The summed E-state index contributed by atoms with van der Waals surface area (Å²) < 4.78 is 56.4. The molecule has 0 bridgehead atoms. The Morgan fingerprint density at radius 1 is 0.557 bits per heavy atom. The molecule has 2 aromatic carbocycles. The summed E-state index contributed by atoms with van der Waals surface area (Å²) in [6.07, 6.45) is 12.0. The summed E-state index contributed by atoms with van der Waals surface area (Å²) in [5.74, 6) is -4.12. The summed E-state index contributed by atoms with van der Waals surface area (Å²) in [6, 6.07) is 6.07. The fourth-order valence-electron chi connectivity index (χ4n) is 17.3. The van der Waals surface area contributed by atoms with Gasteiger partial charge in [0, 0.05) is 64.4 Å². The fourth-order valence-corrected chi connectivity index (χ4v) is 20.6. The normalized spacial score (nSPS) is 25.2. The number of sulfonamides is 2. The molecule has 9 N–H and O–H groups in total. The molecule has 8 aliphatic rings. The van der Waals surface area contributed by atoms with Crippen molar-refractivity contribution in [3.63, 3.8) is 0 Å². The largest absolute Gasteiger partial charge is 0.381 e. The van der Waals surface area contributed by atoms with Gasteiger partial charge < -0.3 is 57.4 Å². The standard InChI is InChI=1S/C39H60N6O7S.C39H58N6O7S/c2*1-8-15-27(33(46)35(48)40-20-9-2)41-34(47)32-30-26(39(30,6)7)22-45(32)36(49)31(24-16-11-10-12-17-24)43-37(50)42-29(38(3,4)5)23-44-21-25-18-13-14-19-28(25)53(44,51)52/h9,13-14,18-19,24,26-27,29-33,46H,2,8,10-12,15-17,20-23H2,1,3-7H3,(H,40,48)(H,41,47)(H2,42,43,50);9,13-14,18-19,24,26-27,29-32H,2,8,10-12,15-17,20-23H2,1,3-7H3,(H,40,48)(H,41,47)(H2,42,43,50)/t26-,27?,29+,30-,31-,32-,33?;26-,27?,29+,30-,31-,32-/m00/s1. The highest BCUT2D eigenvalue weighted by molar-refractivity contribution is 7.89. The summed E-state index contributed by atoms with van der Waals surface area (Å²) >= 11 is 0. The van der Waals surface area contributed by atoms with Crippen LogP contribution in [0.15, 0.2) is 83.6 Å². The number of hydrogen-bond donors (Lipinski definition) is 9. The van der Waals surface area contributed by atoms with Crippen LogP contribution in [0, 0.1) is 57.2 Å². The average molecular weight is 1510 g/mol. The van der Waals surface area contributed by atoms with E-state index < -0.39 is 127 Å². The van der Waals surface area contributed by atoms with Gasteiger partial charge in [-0.05, 0) is 119 Å². The van der Waals surface area contributed by atoms with Gasteiger partial charge in [-0.2, -0.15) is 8.61 Å². The number of hydrogen-bond acceptors (Lipinski definition) is 14. The van der Waals surface area contributed by atoms with Crippen molar-refractivity contribution in [1.29, 1.82) is 0 Å². The Morgan fingerprint density at radius 3 is 1.34 bits per heavy atom. The van der Waals surface area contributed by atoms with Crippen LogP contribution in [0.5, 0.6) is 0 Å². The number of nitrogens with zero attached hydrogens (tertiary/aromatic N) is 4. The lowest BCUT2D eigenvalue weighted by Gasteiger charge is -2.38. The van der Waals surface area contributed by atoms with Gasteiger partial charge in [-0.15, -0.1) is 13.2 Å². The highest BCUT2D eigenvalue weighted by Crippen LogP contribution is 2.66. The van der Waals surface area contributed by atoms with Gasteiger partial charge in [0.05, 0.1) is 21.9 Å². The van der Waals surface area contributed by atoms with Crippen LogP contribution in [0.2, 0.25) is 0 Å². The zero-order valence-corrected chi connectivity index (χ0v) is 65.9. The summed E-state index contributed by atoms with van der Waals surface area (Å²) in [4.78, 5) is 128. The van der Waals surface area contributed by atoms with Crippen LogP contribution in [0.3, 0.4) is 0 Å². The number of benzene rings is 2. The van der Waals surface area contributed by atoms with E-state index >= 15 is 0 Å². The highest BCUT2D eigenvalue weighted by Gasteiger charge is 2.71. The second kappa shape index (κ2) is 33.7. The molecule has 4 heterocycles.